The van der Waals surface area contributed by atoms with Gasteiger partial charge in [-0.3, -0.25) is 0 Å². The molecule has 90 valence electrons. The number of hydrogen-bond acceptors (Lipinski definition) is 2. The lowest BCUT2D eigenvalue weighted by Gasteiger charge is -2.18. The number of hydrogen-bond donors (Lipinski definition) is 1. The van der Waals surface area contributed by atoms with E-state index in [9.17, 15) is 5.11 Å². The number of aliphatic hydroxyl groups is 1. The van der Waals surface area contributed by atoms with Crippen molar-refractivity contribution in [3.8, 4) is 0 Å². The second-order valence-electron chi connectivity index (χ2n) is 4.12. The van der Waals surface area contributed by atoms with E-state index in [1.165, 1.54) is 5.56 Å². The molecule has 0 aliphatic heterocycles. The summed E-state index contributed by atoms with van der Waals surface area (Å²) in [5.74, 6) is 0. The highest BCUT2D eigenvalue weighted by Gasteiger charge is 2.11. The summed E-state index contributed by atoms with van der Waals surface area (Å²) in [6, 6.07) is 10.1. The maximum absolute atomic E-state index is 9.58. The summed E-state index contributed by atoms with van der Waals surface area (Å²) >= 11 is 0. The van der Waals surface area contributed by atoms with Gasteiger partial charge < -0.3 is 9.84 Å². The van der Waals surface area contributed by atoms with E-state index in [0.29, 0.717) is 6.61 Å². The fourth-order valence-corrected chi connectivity index (χ4v) is 1.61. The van der Waals surface area contributed by atoms with Crippen LogP contribution >= 0.6 is 0 Å². The van der Waals surface area contributed by atoms with Gasteiger partial charge in [0.2, 0.25) is 0 Å². The van der Waals surface area contributed by atoms with Crippen molar-refractivity contribution in [2.45, 2.75) is 51.9 Å². The van der Waals surface area contributed by atoms with Crippen molar-refractivity contribution in [2.24, 2.45) is 0 Å². The average Bonchev–Trinajstić information content (AvgIpc) is 2.35. The predicted molar refractivity (Wildman–Crippen MR) is 66.2 cm³/mol. The monoisotopic (exact) mass is 222 g/mol. The van der Waals surface area contributed by atoms with E-state index in [4.69, 9.17) is 4.74 Å². The normalized spacial score (nSPS) is 14.7. The van der Waals surface area contributed by atoms with Gasteiger partial charge in [0.05, 0.1) is 18.8 Å². The Bertz CT molecular complexity index is 271. The van der Waals surface area contributed by atoms with Gasteiger partial charge in [0.1, 0.15) is 0 Å². The molecule has 2 nitrogen and oxygen atoms in total. The zero-order valence-corrected chi connectivity index (χ0v) is 10.2. The first-order valence-electron chi connectivity index (χ1n) is 6.09. The second kappa shape index (κ2) is 7.42. The van der Waals surface area contributed by atoms with Gasteiger partial charge in [-0.05, 0) is 24.8 Å². The Morgan fingerprint density at radius 2 is 1.81 bits per heavy atom. The lowest BCUT2D eigenvalue weighted by molar-refractivity contribution is 0.00137. The number of ether oxygens (including phenoxy) is 1. The summed E-state index contributed by atoms with van der Waals surface area (Å²) in [7, 11) is 0. The third-order valence-electron chi connectivity index (χ3n) is 2.79. The summed E-state index contributed by atoms with van der Waals surface area (Å²) in [5.41, 5.74) is 1.19. The third-order valence-corrected chi connectivity index (χ3v) is 2.79. The van der Waals surface area contributed by atoms with Crippen LogP contribution in [0.15, 0.2) is 30.3 Å². The molecule has 1 aromatic rings. The Morgan fingerprint density at radius 1 is 1.12 bits per heavy atom. The molecule has 16 heavy (non-hydrogen) atoms. The zero-order chi connectivity index (χ0) is 11.8. The molecular weight excluding hydrogens is 200 g/mol. The van der Waals surface area contributed by atoms with E-state index in [1.807, 2.05) is 25.1 Å². The smallest absolute Gasteiger partial charge is 0.0720 e. The van der Waals surface area contributed by atoms with Crippen LogP contribution in [0.4, 0.5) is 0 Å². The standard InChI is InChI=1S/C14H22O2/c1-3-13(15)10-14(4-2)16-11-12-8-6-5-7-9-12/h5-9,13-15H,3-4,10-11H2,1-2H3/t13?,14-/m0/s1. The van der Waals surface area contributed by atoms with Gasteiger partial charge in [-0.25, -0.2) is 0 Å². The minimum absolute atomic E-state index is 0.162. The largest absolute Gasteiger partial charge is 0.393 e. The topological polar surface area (TPSA) is 29.5 Å². The van der Waals surface area contributed by atoms with E-state index < -0.39 is 0 Å². The molecule has 0 amide bonds. The van der Waals surface area contributed by atoms with Gasteiger partial charge >= 0.3 is 0 Å². The van der Waals surface area contributed by atoms with Crippen LogP contribution in [0.2, 0.25) is 0 Å². The van der Waals surface area contributed by atoms with Crippen LogP contribution in [0.1, 0.15) is 38.7 Å². The molecule has 0 heterocycles. The summed E-state index contributed by atoms with van der Waals surface area (Å²) in [6.45, 7) is 4.72. The molecule has 0 aromatic heterocycles. The maximum atomic E-state index is 9.58. The van der Waals surface area contributed by atoms with Crippen molar-refractivity contribution in [1.82, 2.24) is 0 Å². The van der Waals surface area contributed by atoms with Gasteiger partial charge in [-0.1, -0.05) is 44.2 Å². The molecule has 1 rings (SSSR count). The summed E-state index contributed by atoms with van der Waals surface area (Å²) in [6.07, 6.45) is 2.41. The highest BCUT2D eigenvalue weighted by molar-refractivity contribution is 5.13. The Balaban J connectivity index is 2.34. The Kier molecular flexibility index (Phi) is 6.12. The highest BCUT2D eigenvalue weighted by atomic mass is 16.5. The molecule has 1 aromatic carbocycles. The Labute approximate surface area is 98.3 Å². The fraction of sp³-hybridized carbons (Fsp3) is 0.571. The molecular formula is C14H22O2. The van der Waals surface area contributed by atoms with Gasteiger partial charge in [-0.15, -0.1) is 0 Å². The first-order valence-corrected chi connectivity index (χ1v) is 6.09. The van der Waals surface area contributed by atoms with Crippen LogP contribution in [0.25, 0.3) is 0 Å². The summed E-state index contributed by atoms with van der Waals surface area (Å²) in [4.78, 5) is 0. The molecule has 0 saturated heterocycles. The molecule has 0 bridgehead atoms. The molecule has 2 heteroatoms. The lowest BCUT2D eigenvalue weighted by Crippen LogP contribution is -2.19. The van der Waals surface area contributed by atoms with Crippen LogP contribution < -0.4 is 0 Å². The van der Waals surface area contributed by atoms with Crippen molar-refractivity contribution in [1.29, 1.82) is 0 Å². The minimum Gasteiger partial charge on any atom is -0.393 e. The number of aliphatic hydroxyl groups excluding tert-OH is 1. The van der Waals surface area contributed by atoms with E-state index in [-0.39, 0.29) is 12.2 Å². The molecule has 0 aliphatic carbocycles. The van der Waals surface area contributed by atoms with Crippen LogP contribution in [-0.4, -0.2) is 17.3 Å². The van der Waals surface area contributed by atoms with E-state index >= 15 is 0 Å². The summed E-state index contributed by atoms with van der Waals surface area (Å²) in [5, 5.41) is 9.58. The molecule has 0 radical (unpaired) electrons. The van der Waals surface area contributed by atoms with Gasteiger partial charge in [-0.2, -0.15) is 0 Å². The van der Waals surface area contributed by atoms with Crippen molar-refractivity contribution in [3.05, 3.63) is 35.9 Å². The van der Waals surface area contributed by atoms with Crippen molar-refractivity contribution in [2.75, 3.05) is 0 Å². The first-order chi connectivity index (χ1) is 7.76. The zero-order valence-electron chi connectivity index (χ0n) is 10.2. The van der Waals surface area contributed by atoms with Gasteiger partial charge in [0.15, 0.2) is 0 Å². The first kappa shape index (κ1) is 13.2. The van der Waals surface area contributed by atoms with E-state index in [0.717, 1.165) is 19.3 Å². The van der Waals surface area contributed by atoms with Crippen LogP contribution in [0.5, 0.6) is 0 Å². The summed E-state index contributed by atoms with van der Waals surface area (Å²) < 4.78 is 5.79. The number of rotatable bonds is 7. The van der Waals surface area contributed by atoms with Gasteiger partial charge in [0, 0.05) is 0 Å². The maximum Gasteiger partial charge on any atom is 0.0720 e. The van der Waals surface area contributed by atoms with Crippen LogP contribution in [0, 0.1) is 0 Å². The van der Waals surface area contributed by atoms with Crippen LogP contribution in [-0.2, 0) is 11.3 Å². The van der Waals surface area contributed by atoms with Crippen molar-refractivity contribution >= 4 is 0 Å². The van der Waals surface area contributed by atoms with Crippen molar-refractivity contribution < 1.29 is 9.84 Å². The molecule has 0 saturated carbocycles. The molecule has 2 atom stereocenters. The molecule has 0 aliphatic rings. The third kappa shape index (κ3) is 4.77. The van der Waals surface area contributed by atoms with Gasteiger partial charge in [0.25, 0.3) is 0 Å². The van der Waals surface area contributed by atoms with Crippen molar-refractivity contribution in [3.63, 3.8) is 0 Å². The van der Waals surface area contributed by atoms with Crippen LogP contribution in [0.3, 0.4) is 0 Å². The Hall–Kier alpha value is -0.860. The van der Waals surface area contributed by atoms with E-state index in [2.05, 4.69) is 19.1 Å². The molecule has 1 unspecified atom stereocenters. The molecule has 1 N–H and O–H groups in total. The number of benzene rings is 1. The molecule has 0 fully saturated rings. The Morgan fingerprint density at radius 3 is 2.38 bits per heavy atom. The molecule has 0 spiro atoms. The highest BCUT2D eigenvalue weighted by Crippen LogP contribution is 2.12. The quantitative estimate of drug-likeness (QED) is 0.768. The second-order valence-corrected chi connectivity index (χ2v) is 4.12. The average molecular weight is 222 g/mol. The van der Waals surface area contributed by atoms with E-state index in [1.54, 1.807) is 0 Å². The minimum atomic E-state index is -0.235. The SMILES string of the molecule is CCC(O)C[C@H](CC)OCc1ccccc1. The predicted octanol–water partition coefficient (Wildman–Crippen LogP) is 3.14. The lowest BCUT2D eigenvalue weighted by atomic mass is 10.1. The fourth-order valence-electron chi connectivity index (χ4n) is 1.61.